The van der Waals surface area contributed by atoms with E-state index in [2.05, 4.69) is 26.1 Å². The van der Waals surface area contributed by atoms with Crippen LogP contribution in [0.5, 0.6) is 0 Å². The van der Waals surface area contributed by atoms with Gasteiger partial charge in [0.25, 0.3) is 5.56 Å². The van der Waals surface area contributed by atoms with Gasteiger partial charge in [-0.3, -0.25) is 24.6 Å². The Balaban J connectivity index is 1.56. The van der Waals surface area contributed by atoms with Crippen molar-refractivity contribution in [2.45, 2.75) is 40.5 Å². The first kappa shape index (κ1) is 25.3. The number of benzene rings is 1. The van der Waals surface area contributed by atoms with Crippen molar-refractivity contribution in [2.24, 2.45) is 0 Å². The first-order valence-electron chi connectivity index (χ1n) is 10.5. The second-order valence-electron chi connectivity index (χ2n) is 7.72. The van der Waals surface area contributed by atoms with E-state index in [0.717, 1.165) is 29.1 Å². The lowest BCUT2D eigenvalue weighted by molar-refractivity contribution is -0.121. The highest BCUT2D eigenvalue weighted by molar-refractivity contribution is 5.76. The van der Waals surface area contributed by atoms with Crippen molar-refractivity contribution < 1.29 is 23.1 Å². The molecule has 0 aliphatic carbocycles. The normalized spacial score (nSPS) is 10.5. The average Bonchev–Trinajstić information content (AvgIpc) is 2.78. The zero-order valence-corrected chi connectivity index (χ0v) is 19.3. The quantitative estimate of drug-likeness (QED) is 0.417. The van der Waals surface area contributed by atoms with E-state index < -0.39 is 35.8 Å². The maximum absolute atomic E-state index is 13.2. The largest absolute Gasteiger partial charge is 0.443 e. The molecule has 35 heavy (non-hydrogen) atoms. The number of anilines is 1. The maximum Gasteiger partial charge on any atom is 0.426 e. The van der Waals surface area contributed by atoms with Crippen molar-refractivity contribution in [3.63, 3.8) is 0 Å². The van der Waals surface area contributed by atoms with E-state index in [0.29, 0.717) is 11.8 Å². The topological polar surface area (TPSA) is 127 Å². The van der Waals surface area contributed by atoms with Crippen LogP contribution in [0.1, 0.15) is 28.2 Å². The van der Waals surface area contributed by atoms with Crippen LogP contribution in [0.15, 0.2) is 41.3 Å². The predicted octanol–water partition coefficient (Wildman–Crippen LogP) is 2.41. The Hall–Kier alpha value is -4.35. The summed E-state index contributed by atoms with van der Waals surface area (Å²) in [6.45, 7) is 4.92. The number of hydrogen-bond acceptors (Lipinski definition) is 7. The van der Waals surface area contributed by atoms with Crippen molar-refractivity contribution in [3.05, 3.63) is 86.7 Å². The molecule has 3 rings (SSSR count). The van der Waals surface area contributed by atoms with Gasteiger partial charge in [0, 0.05) is 35.9 Å². The summed E-state index contributed by atoms with van der Waals surface area (Å²) >= 11 is 0. The third-order valence-corrected chi connectivity index (χ3v) is 4.94. The molecule has 0 bridgehead atoms. The number of amides is 2. The first-order valence-corrected chi connectivity index (χ1v) is 10.5. The highest BCUT2D eigenvalue weighted by Crippen LogP contribution is 2.09. The molecule has 0 saturated heterocycles. The second-order valence-corrected chi connectivity index (χ2v) is 7.72. The van der Waals surface area contributed by atoms with Crippen molar-refractivity contribution >= 4 is 17.8 Å². The molecule has 0 aliphatic heterocycles. The van der Waals surface area contributed by atoms with E-state index in [1.165, 1.54) is 10.8 Å². The molecule has 2 heterocycles. The summed E-state index contributed by atoms with van der Waals surface area (Å²) in [5.41, 5.74) is 6.85. The Bertz CT molecular complexity index is 1290. The summed E-state index contributed by atoms with van der Waals surface area (Å²) < 4.78 is 32.5. The van der Waals surface area contributed by atoms with Crippen LogP contribution in [0.25, 0.3) is 0 Å². The Morgan fingerprint density at radius 2 is 1.80 bits per heavy atom. The van der Waals surface area contributed by atoms with Crippen molar-refractivity contribution in [1.82, 2.24) is 25.3 Å². The molecule has 10 nitrogen and oxygen atoms in total. The summed E-state index contributed by atoms with van der Waals surface area (Å²) in [6, 6.07) is 6.45. The lowest BCUT2D eigenvalue weighted by Crippen LogP contribution is -2.38. The number of aromatic nitrogens is 3. The van der Waals surface area contributed by atoms with E-state index in [-0.39, 0.29) is 24.5 Å². The Morgan fingerprint density at radius 1 is 1.09 bits per heavy atom. The standard InChI is InChI=1S/C23H24F2N6O4/c1-13-4-5-17(15(3)28-13)10-26-20(32)11-31-14(2)9-27-21(22(31)33)29-30-23(34)35-12-16-6-18(24)8-19(25)7-16/h4-9H,10-12H2,1-3H3,(H,26,32)(H,27,29)(H,30,34). The van der Waals surface area contributed by atoms with Crippen molar-refractivity contribution in [1.29, 1.82) is 0 Å². The van der Waals surface area contributed by atoms with Crippen molar-refractivity contribution in [2.75, 3.05) is 5.43 Å². The number of aryl methyl sites for hydroxylation is 3. The van der Waals surface area contributed by atoms with Gasteiger partial charge in [-0.25, -0.2) is 24.0 Å². The zero-order valence-electron chi connectivity index (χ0n) is 19.3. The third-order valence-electron chi connectivity index (χ3n) is 4.94. The molecule has 0 aliphatic rings. The second kappa shape index (κ2) is 11.2. The van der Waals surface area contributed by atoms with E-state index in [4.69, 9.17) is 4.74 Å². The monoisotopic (exact) mass is 486 g/mol. The molecule has 12 heteroatoms. The lowest BCUT2D eigenvalue weighted by atomic mass is 10.2. The van der Waals surface area contributed by atoms with E-state index in [9.17, 15) is 23.2 Å². The SMILES string of the molecule is Cc1ccc(CNC(=O)Cn2c(C)cnc(NNC(=O)OCc3cc(F)cc(F)c3)c2=O)c(C)n1. The number of nitrogens with one attached hydrogen (secondary N) is 3. The van der Waals surface area contributed by atoms with Crippen LogP contribution >= 0.6 is 0 Å². The molecule has 0 unspecified atom stereocenters. The lowest BCUT2D eigenvalue weighted by Gasteiger charge is -2.13. The van der Waals surface area contributed by atoms with Gasteiger partial charge in [-0.1, -0.05) is 6.07 Å². The number of carbonyl (C=O) groups excluding carboxylic acids is 2. The van der Waals surface area contributed by atoms with E-state index >= 15 is 0 Å². The summed E-state index contributed by atoms with van der Waals surface area (Å²) in [5.74, 6) is -2.26. The number of ether oxygens (including phenoxy) is 1. The van der Waals surface area contributed by atoms with Crippen LogP contribution in [-0.2, 0) is 29.2 Å². The highest BCUT2D eigenvalue weighted by atomic mass is 19.1. The number of pyridine rings is 1. The maximum atomic E-state index is 13.2. The van der Waals surface area contributed by atoms with Crippen LogP contribution in [0.2, 0.25) is 0 Å². The van der Waals surface area contributed by atoms with Gasteiger partial charge in [0.15, 0.2) is 0 Å². The predicted molar refractivity (Wildman–Crippen MR) is 122 cm³/mol. The molecule has 2 aromatic heterocycles. The Kier molecular flexibility index (Phi) is 8.08. The summed E-state index contributed by atoms with van der Waals surface area (Å²) in [7, 11) is 0. The van der Waals surface area contributed by atoms with E-state index in [1.54, 1.807) is 6.92 Å². The molecule has 0 saturated carbocycles. The van der Waals surface area contributed by atoms with Crippen LogP contribution in [0.4, 0.5) is 19.4 Å². The van der Waals surface area contributed by atoms with E-state index in [1.807, 2.05) is 26.0 Å². The third kappa shape index (κ3) is 7.06. The summed E-state index contributed by atoms with van der Waals surface area (Å²) in [4.78, 5) is 45.3. The van der Waals surface area contributed by atoms with Crippen LogP contribution < -0.4 is 21.7 Å². The summed E-state index contributed by atoms with van der Waals surface area (Å²) in [5, 5.41) is 2.75. The molecule has 0 radical (unpaired) electrons. The van der Waals surface area contributed by atoms with Gasteiger partial charge in [-0.05, 0) is 50.1 Å². The minimum Gasteiger partial charge on any atom is -0.443 e. The fraction of sp³-hybridized carbons (Fsp3) is 0.261. The molecule has 3 aromatic rings. The van der Waals surface area contributed by atoms with Gasteiger partial charge in [0.1, 0.15) is 24.8 Å². The number of halogens is 2. The highest BCUT2D eigenvalue weighted by Gasteiger charge is 2.13. The number of hydrogen-bond donors (Lipinski definition) is 3. The molecule has 1 aromatic carbocycles. The van der Waals surface area contributed by atoms with Gasteiger partial charge in [-0.15, -0.1) is 0 Å². The molecule has 3 N–H and O–H groups in total. The van der Waals surface area contributed by atoms with Crippen LogP contribution in [0.3, 0.4) is 0 Å². The fourth-order valence-electron chi connectivity index (χ4n) is 3.14. The zero-order chi connectivity index (χ0) is 25.5. The van der Waals surface area contributed by atoms with Crippen LogP contribution in [-0.4, -0.2) is 26.5 Å². The van der Waals surface area contributed by atoms with Crippen LogP contribution in [0, 0.1) is 32.4 Å². The molecule has 184 valence electrons. The Morgan fingerprint density at radius 3 is 2.49 bits per heavy atom. The smallest absolute Gasteiger partial charge is 0.426 e. The molecule has 0 fully saturated rings. The fourth-order valence-corrected chi connectivity index (χ4v) is 3.14. The number of nitrogens with zero attached hydrogens (tertiary/aromatic N) is 3. The Labute approximate surface area is 199 Å². The van der Waals surface area contributed by atoms with Gasteiger partial charge in [-0.2, -0.15) is 0 Å². The van der Waals surface area contributed by atoms with Gasteiger partial charge in [0.2, 0.25) is 11.7 Å². The first-order chi connectivity index (χ1) is 16.6. The van der Waals surface area contributed by atoms with Gasteiger partial charge >= 0.3 is 6.09 Å². The minimum absolute atomic E-state index is 0.107. The van der Waals surface area contributed by atoms with Gasteiger partial charge < -0.3 is 10.1 Å². The molecule has 0 atom stereocenters. The molecule has 2 amide bonds. The number of rotatable bonds is 8. The molecular formula is C23H24F2N6O4. The van der Waals surface area contributed by atoms with Gasteiger partial charge in [0.05, 0.1) is 0 Å². The van der Waals surface area contributed by atoms with Crippen molar-refractivity contribution in [3.8, 4) is 0 Å². The minimum atomic E-state index is -1.01. The average molecular weight is 486 g/mol. The molecule has 0 spiro atoms. The number of hydrazine groups is 1. The summed E-state index contributed by atoms with van der Waals surface area (Å²) in [6.07, 6.45) is 0.343. The number of carbonyl (C=O) groups is 2. The molecular weight excluding hydrogens is 462 g/mol.